The van der Waals surface area contributed by atoms with Gasteiger partial charge in [-0.15, -0.1) is 0 Å². The second-order valence-electron chi connectivity index (χ2n) is 6.05. The van der Waals surface area contributed by atoms with E-state index in [-0.39, 0.29) is 28.9 Å². The van der Waals surface area contributed by atoms with Gasteiger partial charge in [-0.1, -0.05) is 23.7 Å². The summed E-state index contributed by atoms with van der Waals surface area (Å²) in [4.78, 5) is 30.6. The lowest BCUT2D eigenvalue weighted by Crippen LogP contribution is -2.36. The molecule has 0 radical (unpaired) electrons. The maximum absolute atomic E-state index is 13.4. The third-order valence-corrected chi connectivity index (χ3v) is 4.13. The highest BCUT2D eigenvalue weighted by Gasteiger charge is 2.13. The van der Waals surface area contributed by atoms with Crippen LogP contribution in [-0.4, -0.2) is 16.9 Å². The number of aromatic amines is 1. The lowest BCUT2D eigenvalue weighted by molar-refractivity contribution is 0.0976. The summed E-state index contributed by atoms with van der Waals surface area (Å²) >= 11 is 5.75. The topological polar surface area (TPSA) is 86.3 Å². The number of aliphatic imine (C=N–C) groups is 1. The van der Waals surface area contributed by atoms with Gasteiger partial charge in [-0.05, 0) is 42.0 Å². The van der Waals surface area contributed by atoms with Crippen molar-refractivity contribution < 1.29 is 18.0 Å². The van der Waals surface area contributed by atoms with E-state index in [0.717, 1.165) is 18.2 Å². The number of H-pyrrole nitrogens is 1. The first-order valence-corrected chi connectivity index (χ1v) is 8.91. The van der Waals surface area contributed by atoms with E-state index in [1.54, 1.807) is 0 Å². The zero-order valence-corrected chi connectivity index (χ0v) is 15.9. The predicted octanol–water partition coefficient (Wildman–Crippen LogP) is 3.84. The fourth-order valence-corrected chi connectivity index (χ4v) is 2.59. The second kappa shape index (κ2) is 9.27. The van der Waals surface area contributed by atoms with E-state index in [1.807, 2.05) is 0 Å². The van der Waals surface area contributed by atoms with Crippen LogP contribution in [-0.2, 0) is 6.54 Å². The maximum atomic E-state index is 13.4. The van der Waals surface area contributed by atoms with Crippen molar-refractivity contribution in [2.24, 2.45) is 4.99 Å². The van der Waals surface area contributed by atoms with Crippen molar-refractivity contribution in [1.82, 2.24) is 10.3 Å². The van der Waals surface area contributed by atoms with E-state index in [1.165, 1.54) is 36.4 Å². The number of guanidine groups is 1. The molecular weight excluding hydrogens is 421 g/mol. The second-order valence-corrected chi connectivity index (χ2v) is 6.46. The van der Waals surface area contributed by atoms with Crippen LogP contribution in [0.25, 0.3) is 0 Å². The molecule has 0 bridgehead atoms. The van der Waals surface area contributed by atoms with Crippen LogP contribution in [0.1, 0.15) is 15.9 Å². The highest BCUT2D eigenvalue weighted by Crippen LogP contribution is 2.16. The normalized spacial score (nSPS) is 11.3. The summed E-state index contributed by atoms with van der Waals surface area (Å²) in [5, 5.41) is 5.07. The molecule has 0 atom stereocenters. The lowest BCUT2D eigenvalue weighted by Gasteiger charge is -2.12. The number of hydrogen-bond donors (Lipinski definition) is 3. The van der Waals surface area contributed by atoms with E-state index >= 15 is 0 Å². The molecule has 0 unspecified atom stereocenters. The Morgan fingerprint density at radius 2 is 1.77 bits per heavy atom. The van der Waals surface area contributed by atoms with E-state index in [0.29, 0.717) is 5.56 Å². The summed E-state index contributed by atoms with van der Waals surface area (Å²) in [5.74, 6) is -3.49. The molecule has 154 valence electrons. The summed E-state index contributed by atoms with van der Waals surface area (Å²) in [6, 6.07) is 11.0. The summed E-state index contributed by atoms with van der Waals surface area (Å²) in [5.41, 5.74) is 0.00992. The molecule has 30 heavy (non-hydrogen) atoms. The third kappa shape index (κ3) is 5.48. The fraction of sp³-hybridized carbons (Fsp3) is 0.0500. The van der Waals surface area contributed by atoms with Gasteiger partial charge in [0, 0.05) is 11.6 Å². The maximum Gasteiger partial charge on any atom is 0.258 e. The van der Waals surface area contributed by atoms with E-state index in [9.17, 15) is 22.8 Å². The van der Waals surface area contributed by atoms with Crippen LogP contribution in [0.4, 0.5) is 19.0 Å². The van der Waals surface area contributed by atoms with Gasteiger partial charge in [0.05, 0.1) is 11.6 Å². The summed E-state index contributed by atoms with van der Waals surface area (Å²) < 4.78 is 39.8. The predicted molar refractivity (Wildman–Crippen MR) is 107 cm³/mol. The Morgan fingerprint density at radius 3 is 2.47 bits per heavy atom. The van der Waals surface area contributed by atoms with Crippen LogP contribution >= 0.6 is 11.6 Å². The average Bonchev–Trinajstić information content (AvgIpc) is 2.70. The van der Waals surface area contributed by atoms with Gasteiger partial charge in [0.25, 0.3) is 5.91 Å². The highest BCUT2D eigenvalue weighted by atomic mass is 35.5. The Balaban J connectivity index is 1.85. The monoisotopic (exact) mass is 434 g/mol. The molecule has 0 aliphatic heterocycles. The molecule has 0 spiro atoms. The number of nitrogens with zero attached hydrogens (tertiary/aromatic N) is 1. The molecule has 1 aromatic heterocycles. The van der Waals surface area contributed by atoms with Crippen molar-refractivity contribution >= 4 is 29.3 Å². The molecule has 3 N–H and O–H groups in total. The van der Waals surface area contributed by atoms with Crippen molar-refractivity contribution in [2.75, 3.05) is 5.32 Å². The van der Waals surface area contributed by atoms with Crippen LogP contribution in [0, 0.1) is 17.5 Å². The SMILES string of the molecule is O=C(NC(=NCc1ccc(F)c(Cl)c1)Nc1cccc(=O)[nH]1)c1ccc(F)c(F)c1. The van der Waals surface area contributed by atoms with E-state index < -0.39 is 28.9 Å². The molecule has 2 aromatic carbocycles. The van der Waals surface area contributed by atoms with E-state index in [2.05, 4.69) is 20.6 Å². The molecular formula is C20H14ClF3N4O2. The summed E-state index contributed by atoms with van der Waals surface area (Å²) in [6.45, 7) is -0.00252. The van der Waals surface area contributed by atoms with Crippen molar-refractivity contribution in [3.63, 3.8) is 0 Å². The van der Waals surface area contributed by atoms with Gasteiger partial charge in [-0.2, -0.15) is 0 Å². The van der Waals surface area contributed by atoms with Crippen LogP contribution in [0.2, 0.25) is 5.02 Å². The van der Waals surface area contributed by atoms with E-state index in [4.69, 9.17) is 11.6 Å². The molecule has 3 rings (SSSR count). The first-order chi connectivity index (χ1) is 14.3. The quantitative estimate of drug-likeness (QED) is 0.430. The molecule has 6 nitrogen and oxygen atoms in total. The number of hydrogen-bond acceptors (Lipinski definition) is 3. The molecule has 1 amide bonds. The molecule has 3 aromatic rings. The zero-order chi connectivity index (χ0) is 21.7. The van der Waals surface area contributed by atoms with Gasteiger partial charge < -0.3 is 10.3 Å². The van der Waals surface area contributed by atoms with Gasteiger partial charge in [0.15, 0.2) is 11.6 Å². The number of anilines is 1. The first kappa shape index (κ1) is 21.1. The zero-order valence-electron chi connectivity index (χ0n) is 15.2. The Hall–Kier alpha value is -3.59. The number of aromatic nitrogens is 1. The van der Waals surface area contributed by atoms with Crippen molar-refractivity contribution in [3.05, 3.63) is 98.6 Å². The molecule has 0 aliphatic carbocycles. The first-order valence-electron chi connectivity index (χ1n) is 8.53. The number of benzene rings is 2. The smallest absolute Gasteiger partial charge is 0.258 e. The van der Waals surface area contributed by atoms with Gasteiger partial charge >= 0.3 is 0 Å². The number of rotatable bonds is 4. The highest BCUT2D eigenvalue weighted by molar-refractivity contribution is 6.30. The number of amides is 1. The standard InChI is InChI=1S/C20H14ClF3N4O2/c21-13-8-11(4-6-14(13)22)10-25-20(27-17-2-1-3-18(29)26-17)28-19(30)12-5-7-15(23)16(24)9-12/h1-9H,10H2,(H3,25,26,27,28,29,30). The molecule has 1 heterocycles. The minimum Gasteiger partial charge on any atom is -0.312 e. The number of pyridine rings is 1. The van der Waals surface area contributed by atoms with Crippen molar-refractivity contribution in [1.29, 1.82) is 0 Å². The van der Waals surface area contributed by atoms with Gasteiger partial charge in [-0.3, -0.25) is 14.9 Å². The van der Waals surface area contributed by atoms with Crippen molar-refractivity contribution in [3.8, 4) is 0 Å². The van der Waals surface area contributed by atoms with Crippen LogP contribution < -0.4 is 16.2 Å². The summed E-state index contributed by atoms with van der Waals surface area (Å²) in [7, 11) is 0. The largest absolute Gasteiger partial charge is 0.312 e. The Bertz CT molecular complexity index is 1180. The number of carbonyl (C=O) groups excluding carboxylic acids is 1. The minimum absolute atomic E-state index is 0.00252. The average molecular weight is 435 g/mol. The summed E-state index contributed by atoms with van der Waals surface area (Å²) in [6.07, 6.45) is 0. The van der Waals surface area contributed by atoms with Crippen LogP contribution in [0.15, 0.2) is 64.4 Å². The molecule has 0 saturated heterocycles. The van der Waals surface area contributed by atoms with Crippen LogP contribution in [0.3, 0.4) is 0 Å². The molecule has 0 fully saturated rings. The third-order valence-electron chi connectivity index (χ3n) is 3.84. The van der Waals surface area contributed by atoms with Gasteiger partial charge in [0.2, 0.25) is 11.5 Å². The lowest BCUT2D eigenvalue weighted by atomic mass is 10.2. The fourth-order valence-electron chi connectivity index (χ4n) is 2.38. The molecule has 0 aliphatic rings. The van der Waals surface area contributed by atoms with Gasteiger partial charge in [0.1, 0.15) is 11.6 Å². The number of carbonyl (C=O) groups is 1. The number of halogens is 4. The molecule has 10 heteroatoms. The van der Waals surface area contributed by atoms with Crippen molar-refractivity contribution in [2.45, 2.75) is 6.54 Å². The Kier molecular flexibility index (Phi) is 6.53. The van der Waals surface area contributed by atoms with Crippen LogP contribution in [0.5, 0.6) is 0 Å². The van der Waals surface area contributed by atoms with Gasteiger partial charge in [-0.25, -0.2) is 18.2 Å². The number of nitrogens with one attached hydrogen (secondary N) is 3. The Labute approximate surface area is 173 Å². The molecule has 0 saturated carbocycles. The Morgan fingerprint density at radius 1 is 1.00 bits per heavy atom. The minimum atomic E-state index is -1.18.